The van der Waals surface area contributed by atoms with Crippen LogP contribution in [0.4, 0.5) is 0 Å². The van der Waals surface area contributed by atoms with E-state index in [-0.39, 0.29) is 42.0 Å². The predicted molar refractivity (Wildman–Crippen MR) is 157 cm³/mol. The zero-order valence-electron chi connectivity index (χ0n) is 23.1. The number of halogens is 1. The Morgan fingerprint density at radius 3 is 1.09 bits per heavy atom. The van der Waals surface area contributed by atoms with Crippen molar-refractivity contribution in [1.82, 2.24) is 0 Å². The summed E-state index contributed by atoms with van der Waals surface area (Å²) < 4.78 is 26.0. The molecule has 7 heteroatoms. The summed E-state index contributed by atoms with van der Waals surface area (Å²) in [4.78, 5) is 0. The van der Waals surface area contributed by atoms with Crippen molar-refractivity contribution >= 4 is 52.9 Å². The molecule has 0 rings (SSSR count). The monoisotopic (exact) mass is 538 g/mol. The summed E-state index contributed by atoms with van der Waals surface area (Å²) in [7, 11) is -2.64. The molecule has 0 radical (unpaired) electrons. The standard InChI is InChI=1S/C16H36N.C11H24O3S.ClH.Na.H/c1-5-9-13-17(14-10-6-2,15-11-7-3)16-12-8-4;1-2-3-4-5-6-7-8-9-10-11-14-15(12)13;;;/h5-16H2,1-4H3;15H,2-11H2,1H3;1H;;/q+1;;;;. The number of thiol groups is 1. The topological polar surface area (TPSA) is 43.4 Å². The van der Waals surface area contributed by atoms with Crippen molar-refractivity contribution in [2.45, 2.75) is 144 Å². The number of nitrogens with zero attached hydrogens (tertiary/aromatic N) is 1. The van der Waals surface area contributed by atoms with Crippen LogP contribution < -0.4 is 0 Å². The Morgan fingerprint density at radius 1 is 0.500 bits per heavy atom. The Labute approximate surface area is 245 Å². The van der Waals surface area contributed by atoms with Gasteiger partial charge in [0.25, 0.3) is 11.0 Å². The van der Waals surface area contributed by atoms with E-state index in [2.05, 4.69) is 38.8 Å². The number of rotatable bonds is 23. The molecule has 0 spiro atoms. The van der Waals surface area contributed by atoms with E-state index in [0.717, 1.165) is 12.8 Å². The van der Waals surface area contributed by atoms with Gasteiger partial charge in [-0.25, -0.2) is 8.42 Å². The van der Waals surface area contributed by atoms with Crippen molar-refractivity contribution in [3.8, 4) is 0 Å². The first-order chi connectivity index (χ1) is 15.5. The van der Waals surface area contributed by atoms with Gasteiger partial charge in [0, 0.05) is 0 Å². The molecule has 0 aromatic heterocycles. The number of unbranched alkanes of at least 4 members (excludes halogenated alkanes) is 12. The zero-order chi connectivity index (χ0) is 24.3. The minimum absolute atomic E-state index is 0. The molecule has 0 saturated heterocycles. The van der Waals surface area contributed by atoms with Gasteiger partial charge in [-0.2, -0.15) is 0 Å². The molecular weight excluding hydrogens is 477 g/mol. The molecule has 0 aliphatic carbocycles. The molecule has 0 aromatic carbocycles. The van der Waals surface area contributed by atoms with Gasteiger partial charge in [-0.05, 0) is 32.1 Å². The van der Waals surface area contributed by atoms with E-state index in [4.69, 9.17) is 0 Å². The molecule has 0 fully saturated rings. The van der Waals surface area contributed by atoms with Crippen LogP contribution in [0, 0.1) is 0 Å². The first kappa shape index (κ1) is 42.3. The molecule has 0 aliphatic heterocycles. The number of hydrogen-bond acceptors (Lipinski definition) is 3. The second kappa shape index (κ2) is 34.2. The molecule has 206 valence electrons. The van der Waals surface area contributed by atoms with E-state index in [0.29, 0.717) is 6.61 Å². The summed E-state index contributed by atoms with van der Waals surface area (Å²) in [5.74, 6) is 0. The Morgan fingerprint density at radius 2 is 0.794 bits per heavy atom. The van der Waals surface area contributed by atoms with Gasteiger partial charge < -0.3 is 4.48 Å². The number of quaternary nitrogens is 1. The molecule has 0 saturated carbocycles. The van der Waals surface area contributed by atoms with Crippen LogP contribution in [0.3, 0.4) is 0 Å². The molecule has 0 heterocycles. The maximum absolute atomic E-state index is 10.0. The zero-order valence-corrected chi connectivity index (χ0v) is 24.8. The third kappa shape index (κ3) is 31.2. The third-order valence-electron chi connectivity index (χ3n) is 6.39. The minimum atomic E-state index is -2.64. The van der Waals surface area contributed by atoms with Crippen LogP contribution in [0.1, 0.15) is 144 Å². The summed E-state index contributed by atoms with van der Waals surface area (Å²) in [6.45, 7) is 17.6. The van der Waals surface area contributed by atoms with Gasteiger partial charge in [0.05, 0.1) is 32.8 Å². The van der Waals surface area contributed by atoms with E-state index in [1.807, 2.05) is 0 Å². The Balaban J connectivity index is -0.000000252. The van der Waals surface area contributed by atoms with Gasteiger partial charge >= 0.3 is 29.6 Å². The molecule has 0 atom stereocenters. The molecule has 0 N–H and O–H groups in total. The fraction of sp³-hybridized carbons (Fsp3) is 1.00. The fourth-order valence-corrected chi connectivity index (χ4v) is 4.47. The van der Waals surface area contributed by atoms with Gasteiger partial charge in [-0.1, -0.05) is 112 Å². The van der Waals surface area contributed by atoms with E-state index in [9.17, 15) is 8.42 Å². The number of hydrogen-bond donors (Lipinski definition) is 1. The third-order valence-corrected chi connectivity index (χ3v) is 6.78. The summed E-state index contributed by atoms with van der Waals surface area (Å²) in [5.41, 5.74) is 0. The summed E-state index contributed by atoms with van der Waals surface area (Å²) >= 11 is 0. The van der Waals surface area contributed by atoms with E-state index in [1.54, 1.807) is 0 Å². The van der Waals surface area contributed by atoms with Crippen molar-refractivity contribution in [1.29, 1.82) is 0 Å². The quantitative estimate of drug-likeness (QED) is 0.0623. The van der Waals surface area contributed by atoms with Gasteiger partial charge in [0.1, 0.15) is 0 Å². The maximum atomic E-state index is 10.0. The van der Waals surface area contributed by atoms with Crippen molar-refractivity contribution in [3.63, 3.8) is 0 Å². The molecular formula is C27H62ClNNaO3S+. The summed E-state index contributed by atoms with van der Waals surface area (Å²) in [6, 6.07) is 0. The molecule has 0 aliphatic rings. The summed E-state index contributed by atoms with van der Waals surface area (Å²) in [5, 5.41) is 0. The van der Waals surface area contributed by atoms with E-state index in [1.165, 1.54) is 127 Å². The fourth-order valence-electron chi connectivity index (χ4n) is 4.20. The van der Waals surface area contributed by atoms with Crippen molar-refractivity contribution in [3.05, 3.63) is 0 Å². The van der Waals surface area contributed by atoms with Crippen molar-refractivity contribution < 1.29 is 17.1 Å². The van der Waals surface area contributed by atoms with E-state index >= 15 is 0 Å². The first-order valence-electron chi connectivity index (χ1n) is 14.1. The second-order valence-corrected chi connectivity index (χ2v) is 10.2. The average molecular weight is 539 g/mol. The van der Waals surface area contributed by atoms with Crippen LogP contribution in [-0.4, -0.2) is 75.2 Å². The van der Waals surface area contributed by atoms with Crippen molar-refractivity contribution in [2.75, 3.05) is 32.8 Å². The van der Waals surface area contributed by atoms with Crippen LogP contribution in [0.2, 0.25) is 0 Å². The van der Waals surface area contributed by atoms with Crippen LogP contribution >= 0.6 is 12.4 Å². The van der Waals surface area contributed by atoms with Gasteiger partial charge in [-0.3, -0.25) is 4.18 Å². The Bertz CT molecular complexity index is 395. The van der Waals surface area contributed by atoms with Crippen molar-refractivity contribution in [2.24, 2.45) is 0 Å². The molecule has 34 heavy (non-hydrogen) atoms. The van der Waals surface area contributed by atoms with Gasteiger partial charge in [0.15, 0.2) is 0 Å². The first-order valence-corrected chi connectivity index (χ1v) is 15.2. The molecule has 0 amide bonds. The van der Waals surface area contributed by atoms with Gasteiger partial charge in [-0.15, -0.1) is 12.4 Å². The van der Waals surface area contributed by atoms with Crippen LogP contribution in [0.15, 0.2) is 0 Å². The van der Waals surface area contributed by atoms with Crippen LogP contribution in [0.5, 0.6) is 0 Å². The SMILES string of the molecule is CCCCCCCCCCCO[SH](=O)=O.CCCC[N+](CCCC)(CCCC)CCCC.Cl.[NaH]. The Hall–Kier alpha value is 1.16. The second-order valence-electron chi connectivity index (χ2n) is 9.54. The van der Waals surface area contributed by atoms with Crippen LogP contribution in [-0.2, 0) is 15.2 Å². The summed E-state index contributed by atoms with van der Waals surface area (Å²) in [6.07, 6.45) is 22.1. The Kier molecular flexibility index (Phi) is 42.5. The molecule has 4 nitrogen and oxygen atoms in total. The van der Waals surface area contributed by atoms with Gasteiger partial charge in [0.2, 0.25) is 0 Å². The van der Waals surface area contributed by atoms with E-state index < -0.39 is 11.0 Å². The average Bonchev–Trinajstić information content (AvgIpc) is 2.79. The van der Waals surface area contributed by atoms with Crippen LogP contribution in [0.25, 0.3) is 0 Å². The predicted octanol–water partition coefficient (Wildman–Crippen LogP) is 7.84. The molecule has 0 aromatic rings. The molecule has 0 bridgehead atoms. The molecule has 0 unspecified atom stereocenters. The normalized spacial score (nSPS) is 10.9.